The van der Waals surface area contributed by atoms with Gasteiger partial charge in [-0.15, -0.1) is 0 Å². The number of likely N-dealkylation sites (N-methyl/N-ethyl adjacent to an activating group) is 1. The van der Waals surface area contributed by atoms with E-state index in [1.54, 1.807) is 23.1 Å². The van der Waals surface area contributed by atoms with E-state index in [1.807, 2.05) is 33.8 Å². The Morgan fingerprint density at radius 1 is 1.23 bits per heavy atom. The SMILES string of the molecule is CCN(CC(=O)NC(=O)NC(C)(C)C)Cc1nc2ccccc2c(=O)[nH]1. The summed E-state index contributed by atoms with van der Waals surface area (Å²) < 4.78 is 0. The maximum absolute atomic E-state index is 12.1. The molecule has 1 heterocycles. The first-order chi connectivity index (χ1) is 12.2. The molecule has 8 nitrogen and oxygen atoms in total. The van der Waals surface area contributed by atoms with E-state index in [2.05, 4.69) is 20.6 Å². The zero-order valence-electron chi connectivity index (χ0n) is 15.5. The van der Waals surface area contributed by atoms with Crippen molar-refractivity contribution in [3.8, 4) is 0 Å². The molecule has 0 aliphatic heterocycles. The number of aromatic amines is 1. The van der Waals surface area contributed by atoms with Gasteiger partial charge in [-0.1, -0.05) is 19.1 Å². The van der Waals surface area contributed by atoms with Crippen LogP contribution in [-0.2, 0) is 11.3 Å². The van der Waals surface area contributed by atoms with Crippen LogP contribution in [0.1, 0.15) is 33.5 Å². The van der Waals surface area contributed by atoms with E-state index in [-0.39, 0.29) is 12.1 Å². The fraction of sp³-hybridized carbons (Fsp3) is 0.444. The van der Waals surface area contributed by atoms with Gasteiger partial charge in [0, 0.05) is 5.54 Å². The summed E-state index contributed by atoms with van der Waals surface area (Å²) in [7, 11) is 0. The van der Waals surface area contributed by atoms with Crippen LogP contribution < -0.4 is 16.2 Å². The Hall–Kier alpha value is -2.74. The molecule has 8 heteroatoms. The van der Waals surface area contributed by atoms with Crippen molar-refractivity contribution >= 4 is 22.8 Å². The largest absolute Gasteiger partial charge is 0.333 e. The zero-order valence-corrected chi connectivity index (χ0v) is 15.5. The molecule has 0 aliphatic rings. The summed E-state index contributed by atoms with van der Waals surface area (Å²) in [4.78, 5) is 44.9. The summed E-state index contributed by atoms with van der Waals surface area (Å²) in [6, 6.07) is 6.55. The minimum atomic E-state index is -0.532. The third-order valence-electron chi connectivity index (χ3n) is 3.59. The van der Waals surface area contributed by atoms with Crippen molar-refractivity contribution in [2.75, 3.05) is 13.1 Å². The van der Waals surface area contributed by atoms with Crippen molar-refractivity contribution in [2.45, 2.75) is 39.8 Å². The van der Waals surface area contributed by atoms with E-state index < -0.39 is 17.5 Å². The summed E-state index contributed by atoms with van der Waals surface area (Å²) in [6.07, 6.45) is 0. The minimum Gasteiger partial charge on any atom is -0.333 e. The first-order valence-corrected chi connectivity index (χ1v) is 8.50. The van der Waals surface area contributed by atoms with Crippen molar-refractivity contribution < 1.29 is 9.59 Å². The molecule has 0 fully saturated rings. The average molecular weight is 359 g/mol. The van der Waals surface area contributed by atoms with E-state index in [0.29, 0.717) is 29.8 Å². The number of benzene rings is 1. The van der Waals surface area contributed by atoms with Crippen LogP contribution >= 0.6 is 0 Å². The van der Waals surface area contributed by atoms with Crippen LogP contribution in [0.2, 0.25) is 0 Å². The number of carbonyl (C=O) groups excluding carboxylic acids is 2. The second-order valence-electron chi connectivity index (χ2n) is 7.09. The molecule has 26 heavy (non-hydrogen) atoms. The molecule has 3 N–H and O–H groups in total. The second-order valence-corrected chi connectivity index (χ2v) is 7.09. The van der Waals surface area contributed by atoms with Gasteiger partial charge in [-0.25, -0.2) is 9.78 Å². The Labute approximate surface area is 152 Å². The molecule has 0 spiro atoms. The lowest BCUT2D eigenvalue weighted by Crippen LogP contribution is -2.50. The van der Waals surface area contributed by atoms with Crippen LogP contribution in [0.5, 0.6) is 0 Å². The number of para-hydroxylation sites is 1. The van der Waals surface area contributed by atoms with Crippen LogP contribution in [0, 0.1) is 0 Å². The van der Waals surface area contributed by atoms with E-state index in [0.717, 1.165) is 0 Å². The quantitative estimate of drug-likeness (QED) is 0.747. The van der Waals surface area contributed by atoms with Crippen LogP contribution in [0.3, 0.4) is 0 Å². The van der Waals surface area contributed by atoms with Gasteiger partial charge in [0.15, 0.2) is 0 Å². The van der Waals surface area contributed by atoms with Crippen molar-refractivity contribution in [3.63, 3.8) is 0 Å². The molecular formula is C18H25N5O3. The van der Waals surface area contributed by atoms with Gasteiger partial charge in [-0.3, -0.25) is 19.8 Å². The predicted octanol–water partition coefficient (Wildman–Crippen LogP) is 1.37. The number of hydrogen-bond donors (Lipinski definition) is 3. The number of H-pyrrole nitrogens is 1. The van der Waals surface area contributed by atoms with Crippen molar-refractivity contribution in [2.24, 2.45) is 0 Å². The third kappa shape index (κ3) is 5.66. The summed E-state index contributed by atoms with van der Waals surface area (Å²) in [5, 5.41) is 5.50. The Bertz CT molecular complexity index is 854. The van der Waals surface area contributed by atoms with E-state index >= 15 is 0 Å². The lowest BCUT2D eigenvalue weighted by atomic mass is 10.1. The van der Waals surface area contributed by atoms with Gasteiger partial charge in [-0.05, 0) is 39.4 Å². The number of amides is 3. The van der Waals surface area contributed by atoms with Gasteiger partial charge in [0.2, 0.25) is 5.91 Å². The van der Waals surface area contributed by atoms with Gasteiger partial charge < -0.3 is 10.3 Å². The van der Waals surface area contributed by atoms with Crippen LogP contribution in [0.15, 0.2) is 29.1 Å². The fourth-order valence-corrected chi connectivity index (χ4v) is 2.44. The molecule has 0 saturated heterocycles. The number of fused-ring (bicyclic) bond motifs is 1. The zero-order chi connectivity index (χ0) is 19.3. The summed E-state index contributed by atoms with van der Waals surface area (Å²) >= 11 is 0. The topological polar surface area (TPSA) is 107 Å². The summed E-state index contributed by atoms with van der Waals surface area (Å²) in [6.45, 7) is 8.26. The molecule has 0 unspecified atom stereocenters. The monoisotopic (exact) mass is 359 g/mol. The maximum Gasteiger partial charge on any atom is 0.321 e. The van der Waals surface area contributed by atoms with Gasteiger partial charge in [0.1, 0.15) is 5.82 Å². The highest BCUT2D eigenvalue weighted by Crippen LogP contribution is 2.07. The first kappa shape index (κ1) is 19.6. The molecule has 3 amide bonds. The number of carbonyl (C=O) groups is 2. The molecular weight excluding hydrogens is 334 g/mol. The molecule has 1 aromatic carbocycles. The third-order valence-corrected chi connectivity index (χ3v) is 3.59. The summed E-state index contributed by atoms with van der Waals surface area (Å²) in [5.74, 6) is 0.0548. The summed E-state index contributed by atoms with van der Waals surface area (Å²) in [5.41, 5.74) is -0.0319. The Morgan fingerprint density at radius 2 is 1.92 bits per heavy atom. The van der Waals surface area contributed by atoms with Gasteiger partial charge in [0.25, 0.3) is 5.56 Å². The number of imide groups is 1. The Kier molecular flexibility index (Phi) is 6.10. The van der Waals surface area contributed by atoms with Crippen LogP contribution in [0.25, 0.3) is 10.9 Å². The Balaban J connectivity index is 2.02. The standard InChI is InChI=1S/C18H25N5O3/c1-5-23(11-15(24)21-17(26)22-18(2,3)4)10-14-19-13-9-7-6-8-12(13)16(25)20-14/h6-9H,5,10-11H2,1-4H3,(H,19,20,25)(H2,21,22,24,26). The van der Waals surface area contributed by atoms with E-state index in [1.165, 1.54) is 0 Å². The molecule has 2 aromatic rings. The number of aromatic nitrogens is 2. The van der Waals surface area contributed by atoms with Crippen LogP contribution in [-0.4, -0.2) is 45.4 Å². The highest BCUT2D eigenvalue weighted by atomic mass is 16.2. The highest BCUT2D eigenvalue weighted by molar-refractivity contribution is 5.95. The maximum atomic E-state index is 12.1. The molecule has 0 atom stereocenters. The number of hydrogen-bond acceptors (Lipinski definition) is 5. The minimum absolute atomic E-state index is 0.0185. The molecule has 140 valence electrons. The Morgan fingerprint density at radius 3 is 2.58 bits per heavy atom. The van der Waals surface area contributed by atoms with Crippen LogP contribution in [0.4, 0.5) is 4.79 Å². The fourth-order valence-electron chi connectivity index (χ4n) is 2.44. The highest BCUT2D eigenvalue weighted by Gasteiger charge is 2.17. The molecule has 0 saturated carbocycles. The lowest BCUT2D eigenvalue weighted by Gasteiger charge is -2.22. The van der Waals surface area contributed by atoms with Gasteiger partial charge in [-0.2, -0.15) is 0 Å². The van der Waals surface area contributed by atoms with E-state index in [9.17, 15) is 14.4 Å². The smallest absolute Gasteiger partial charge is 0.321 e. The number of nitrogens with zero attached hydrogens (tertiary/aromatic N) is 2. The number of rotatable bonds is 5. The molecule has 0 bridgehead atoms. The van der Waals surface area contributed by atoms with Crippen molar-refractivity contribution in [1.82, 2.24) is 25.5 Å². The van der Waals surface area contributed by atoms with Crippen molar-refractivity contribution in [3.05, 3.63) is 40.4 Å². The van der Waals surface area contributed by atoms with Gasteiger partial charge >= 0.3 is 6.03 Å². The van der Waals surface area contributed by atoms with Crippen molar-refractivity contribution in [1.29, 1.82) is 0 Å². The number of nitrogens with one attached hydrogen (secondary N) is 3. The molecule has 1 aromatic heterocycles. The lowest BCUT2D eigenvalue weighted by molar-refractivity contribution is -0.121. The molecule has 0 radical (unpaired) electrons. The molecule has 2 rings (SSSR count). The number of urea groups is 1. The average Bonchev–Trinajstić information content (AvgIpc) is 2.52. The van der Waals surface area contributed by atoms with E-state index in [4.69, 9.17) is 0 Å². The second kappa shape index (κ2) is 8.09. The molecule has 0 aliphatic carbocycles. The first-order valence-electron chi connectivity index (χ1n) is 8.50. The van der Waals surface area contributed by atoms with Gasteiger partial charge in [0.05, 0.1) is 24.0 Å². The predicted molar refractivity (Wildman–Crippen MR) is 99.7 cm³/mol. The normalized spacial score (nSPS) is 11.6.